The van der Waals surface area contributed by atoms with Gasteiger partial charge in [0.05, 0.1) is 16.3 Å². The maximum Gasteiger partial charge on any atom is 0.435 e. The molecule has 12 heteroatoms. The molecule has 39 heavy (non-hydrogen) atoms. The third kappa shape index (κ3) is 6.88. The maximum absolute atomic E-state index is 13.6. The molecule has 2 amide bonds. The number of nitrogens with one attached hydrogen (secondary N) is 2. The van der Waals surface area contributed by atoms with Crippen molar-refractivity contribution in [3.63, 3.8) is 0 Å². The molecule has 0 atom stereocenters. The predicted molar refractivity (Wildman–Crippen MR) is 143 cm³/mol. The van der Waals surface area contributed by atoms with E-state index in [0.717, 1.165) is 10.9 Å². The molecule has 0 unspecified atom stereocenters. The second kappa shape index (κ2) is 12.3. The number of hydrogen-bond donors (Lipinski definition) is 2. The first-order chi connectivity index (χ1) is 18.6. The highest BCUT2D eigenvalue weighted by atomic mass is 79.9. The largest absolute Gasteiger partial charge is 0.435 e. The summed E-state index contributed by atoms with van der Waals surface area (Å²) in [5.41, 5.74) is -1.17. The lowest BCUT2D eigenvalue weighted by Gasteiger charge is -2.27. The number of amides is 2. The fraction of sp³-hybridized carbons (Fsp3) is 0.333. The molecule has 0 bridgehead atoms. The van der Waals surface area contributed by atoms with Gasteiger partial charge < -0.3 is 10.6 Å². The quantitative estimate of drug-likeness (QED) is 0.243. The first-order valence-electron chi connectivity index (χ1n) is 12.3. The van der Waals surface area contributed by atoms with Gasteiger partial charge in [-0.1, -0.05) is 48.0 Å². The molecule has 0 aliphatic heterocycles. The summed E-state index contributed by atoms with van der Waals surface area (Å²) >= 11 is 9.40. The van der Waals surface area contributed by atoms with Crippen LogP contribution in [0, 0.1) is 11.8 Å². The number of aromatic nitrogens is 2. The van der Waals surface area contributed by atoms with Crippen molar-refractivity contribution in [3.05, 3.63) is 81.0 Å². The fourth-order valence-corrected chi connectivity index (χ4v) is 5.17. The number of benzene rings is 2. The van der Waals surface area contributed by atoms with Gasteiger partial charge in [0.25, 0.3) is 5.91 Å². The van der Waals surface area contributed by atoms with Gasteiger partial charge in [-0.25, -0.2) is 4.68 Å². The van der Waals surface area contributed by atoms with E-state index in [9.17, 15) is 27.6 Å². The molecule has 3 aromatic rings. The smallest absolute Gasteiger partial charge is 0.354 e. The number of carbonyl (C=O) groups excluding carboxylic acids is 3. The van der Waals surface area contributed by atoms with E-state index in [1.54, 1.807) is 24.3 Å². The summed E-state index contributed by atoms with van der Waals surface area (Å²) in [6.07, 6.45) is -1.56. The van der Waals surface area contributed by atoms with E-state index in [-0.39, 0.29) is 47.3 Å². The summed E-state index contributed by atoms with van der Waals surface area (Å²) in [7, 11) is 0. The minimum Gasteiger partial charge on any atom is -0.354 e. The molecular formula is C27H25BrClF3N4O3. The number of ketones is 1. The normalized spacial score (nSPS) is 17.5. The van der Waals surface area contributed by atoms with Gasteiger partial charge in [0.1, 0.15) is 0 Å². The van der Waals surface area contributed by atoms with E-state index in [1.165, 1.54) is 6.07 Å². The summed E-state index contributed by atoms with van der Waals surface area (Å²) in [5.74, 6) is -1.48. The topological polar surface area (TPSA) is 93.1 Å². The Morgan fingerprint density at radius 3 is 2.26 bits per heavy atom. The van der Waals surface area contributed by atoms with Crippen LogP contribution in [0.25, 0.3) is 5.69 Å². The van der Waals surface area contributed by atoms with Crippen molar-refractivity contribution in [1.82, 2.24) is 20.4 Å². The molecule has 1 aliphatic rings. The van der Waals surface area contributed by atoms with Crippen molar-refractivity contribution < 1.29 is 27.6 Å². The highest BCUT2D eigenvalue weighted by Gasteiger charge is 2.39. The lowest BCUT2D eigenvalue weighted by Crippen LogP contribution is -2.39. The second-order valence-electron chi connectivity index (χ2n) is 9.23. The van der Waals surface area contributed by atoms with Gasteiger partial charge in [0, 0.05) is 41.2 Å². The van der Waals surface area contributed by atoms with Gasteiger partial charge >= 0.3 is 6.18 Å². The molecule has 1 fully saturated rings. The summed E-state index contributed by atoms with van der Waals surface area (Å²) < 4.78 is 42.2. The summed E-state index contributed by atoms with van der Waals surface area (Å²) in [6, 6.07) is 13.7. The van der Waals surface area contributed by atoms with E-state index < -0.39 is 23.3 Å². The molecule has 1 saturated carbocycles. The SMILES string of the molecule is O=C(NCCNC(=O)C1CCC(C(=O)c2ccccc2)CC1)c1cn(-c2cccc(Br)c2Cl)nc1C(F)(F)F. The average Bonchev–Trinajstić information content (AvgIpc) is 3.39. The first kappa shape index (κ1) is 28.8. The van der Waals surface area contributed by atoms with Crippen LogP contribution in [0.15, 0.2) is 59.2 Å². The summed E-state index contributed by atoms with van der Waals surface area (Å²) in [6.45, 7) is -0.0348. The summed E-state index contributed by atoms with van der Waals surface area (Å²) in [5, 5.41) is 8.83. The van der Waals surface area contributed by atoms with E-state index in [2.05, 4.69) is 31.7 Å². The number of rotatable bonds is 8. The monoisotopic (exact) mass is 624 g/mol. The Bertz CT molecular complexity index is 1360. The molecule has 206 valence electrons. The third-order valence-corrected chi connectivity index (χ3v) is 7.93. The zero-order chi connectivity index (χ0) is 28.2. The van der Waals surface area contributed by atoms with Crippen molar-refractivity contribution in [1.29, 1.82) is 0 Å². The van der Waals surface area contributed by atoms with Crippen LogP contribution >= 0.6 is 27.5 Å². The van der Waals surface area contributed by atoms with Crippen LogP contribution in [0.2, 0.25) is 5.02 Å². The zero-order valence-corrected chi connectivity index (χ0v) is 22.9. The molecule has 2 aromatic carbocycles. The van der Waals surface area contributed by atoms with Crippen LogP contribution in [-0.2, 0) is 11.0 Å². The Morgan fingerprint density at radius 2 is 1.59 bits per heavy atom. The minimum absolute atomic E-state index is 0.0421. The first-order valence-corrected chi connectivity index (χ1v) is 13.5. The number of alkyl halides is 3. The zero-order valence-electron chi connectivity index (χ0n) is 20.6. The van der Waals surface area contributed by atoms with Gasteiger partial charge in [-0.05, 0) is 53.7 Å². The molecule has 2 N–H and O–H groups in total. The molecule has 0 saturated heterocycles. The molecule has 0 spiro atoms. The van der Waals surface area contributed by atoms with E-state index in [1.807, 2.05) is 18.2 Å². The molecule has 0 radical (unpaired) electrons. The van der Waals surface area contributed by atoms with Gasteiger partial charge in [-0.3, -0.25) is 14.4 Å². The van der Waals surface area contributed by atoms with Crippen molar-refractivity contribution in [2.45, 2.75) is 31.9 Å². The van der Waals surface area contributed by atoms with Crippen molar-refractivity contribution in [3.8, 4) is 5.69 Å². The molecular weight excluding hydrogens is 601 g/mol. The highest BCUT2D eigenvalue weighted by Crippen LogP contribution is 2.34. The van der Waals surface area contributed by atoms with Gasteiger partial charge in [-0.15, -0.1) is 0 Å². The van der Waals surface area contributed by atoms with Crippen LogP contribution < -0.4 is 10.6 Å². The highest BCUT2D eigenvalue weighted by molar-refractivity contribution is 9.10. The van der Waals surface area contributed by atoms with E-state index in [4.69, 9.17) is 11.6 Å². The maximum atomic E-state index is 13.6. The number of halogens is 5. The van der Waals surface area contributed by atoms with Crippen LogP contribution in [0.3, 0.4) is 0 Å². The number of Topliss-reactive ketones (excluding diaryl/α,β-unsaturated/α-hetero) is 1. The Balaban J connectivity index is 1.29. The van der Waals surface area contributed by atoms with E-state index in [0.29, 0.717) is 35.7 Å². The Labute approximate surface area is 236 Å². The predicted octanol–water partition coefficient (Wildman–Crippen LogP) is 5.84. The van der Waals surface area contributed by atoms with E-state index >= 15 is 0 Å². The average molecular weight is 626 g/mol. The number of carbonyl (C=O) groups is 3. The van der Waals surface area contributed by atoms with Gasteiger partial charge in [0.2, 0.25) is 5.91 Å². The van der Waals surface area contributed by atoms with Crippen molar-refractivity contribution in [2.24, 2.45) is 11.8 Å². The molecule has 1 heterocycles. The van der Waals surface area contributed by atoms with Crippen LogP contribution in [0.1, 0.15) is 52.1 Å². The van der Waals surface area contributed by atoms with Crippen LogP contribution in [0.4, 0.5) is 13.2 Å². The van der Waals surface area contributed by atoms with Crippen LogP contribution in [-0.4, -0.2) is 40.5 Å². The van der Waals surface area contributed by atoms with Crippen LogP contribution in [0.5, 0.6) is 0 Å². The number of hydrogen-bond acceptors (Lipinski definition) is 4. The standard InChI is InChI=1S/C27H25BrClF3N4O3/c28-20-7-4-8-21(22(20)29)36-15-19(24(35-36)27(30,31)32)26(39)34-14-13-33-25(38)18-11-9-17(10-12-18)23(37)16-5-2-1-3-6-16/h1-8,15,17-18H,9-14H2,(H,33,38)(H,34,39). The van der Waals surface area contributed by atoms with Gasteiger partial charge in [0.15, 0.2) is 11.5 Å². The lowest BCUT2D eigenvalue weighted by molar-refractivity contribution is -0.141. The van der Waals surface area contributed by atoms with Gasteiger partial charge in [-0.2, -0.15) is 18.3 Å². The Hall–Kier alpha value is -3.18. The minimum atomic E-state index is -4.87. The molecule has 7 nitrogen and oxygen atoms in total. The Morgan fingerprint density at radius 1 is 0.949 bits per heavy atom. The lowest BCUT2D eigenvalue weighted by atomic mass is 9.78. The fourth-order valence-electron chi connectivity index (χ4n) is 4.60. The molecule has 1 aromatic heterocycles. The van der Waals surface area contributed by atoms with Crippen molar-refractivity contribution in [2.75, 3.05) is 13.1 Å². The van der Waals surface area contributed by atoms with Crippen molar-refractivity contribution >= 4 is 45.1 Å². The number of nitrogens with zero attached hydrogens (tertiary/aromatic N) is 2. The third-order valence-electron chi connectivity index (χ3n) is 6.64. The molecule has 4 rings (SSSR count). The summed E-state index contributed by atoms with van der Waals surface area (Å²) in [4.78, 5) is 37.8. The second-order valence-corrected chi connectivity index (χ2v) is 10.5. The molecule has 1 aliphatic carbocycles. The Kier molecular flexibility index (Phi) is 9.12.